The minimum Gasteiger partial charge on any atom is -0.325 e. The van der Waals surface area contributed by atoms with Gasteiger partial charge in [0.05, 0.1) is 5.41 Å². The lowest BCUT2D eigenvalue weighted by Crippen LogP contribution is -2.57. The van der Waals surface area contributed by atoms with Crippen LogP contribution in [0.5, 0.6) is 0 Å². The van der Waals surface area contributed by atoms with E-state index in [1.54, 1.807) is 0 Å². The molecule has 118 valence electrons. The van der Waals surface area contributed by atoms with Crippen molar-refractivity contribution in [3.05, 3.63) is 29.3 Å². The molecule has 4 aliphatic carbocycles. The summed E-state index contributed by atoms with van der Waals surface area (Å²) >= 11 is 6.85. The molecule has 1 amide bonds. The van der Waals surface area contributed by atoms with Crippen LogP contribution in [0.4, 0.5) is 5.69 Å². The summed E-state index contributed by atoms with van der Waals surface area (Å²) in [4.78, 5) is 13.0. The van der Waals surface area contributed by atoms with E-state index in [0.29, 0.717) is 11.8 Å². The van der Waals surface area contributed by atoms with E-state index in [1.165, 1.54) is 6.42 Å². The SMILES string of the molecule is Cc1cccc(C)c1NC(=O)C12CC3CC(CC(Cl)(C3)C1)C2. The Morgan fingerprint density at radius 3 is 2.27 bits per heavy atom. The molecule has 4 saturated carbocycles. The minimum atomic E-state index is -0.222. The van der Waals surface area contributed by atoms with Gasteiger partial charge in [-0.1, -0.05) is 18.2 Å². The summed E-state index contributed by atoms with van der Waals surface area (Å²) in [5.74, 6) is 1.52. The first-order valence-electron chi connectivity index (χ1n) is 8.46. The smallest absolute Gasteiger partial charge is 0.230 e. The number of anilines is 1. The second-order valence-electron chi connectivity index (χ2n) is 8.11. The summed E-state index contributed by atoms with van der Waals surface area (Å²) in [5, 5.41) is 3.26. The van der Waals surface area contributed by atoms with Crippen molar-refractivity contribution >= 4 is 23.2 Å². The second-order valence-corrected chi connectivity index (χ2v) is 8.91. The van der Waals surface area contributed by atoms with Gasteiger partial charge in [0.25, 0.3) is 0 Å². The summed E-state index contributed by atoms with van der Waals surface area (Å²) in [6, 6.07) is 6.16. The molecular formula is C19H24ClNO. The number of amides is 1. The largest absolute Gasteiger partial charge is 0.325 e. The highest BCUT2D eigenvalue weighted by Gasteiger charge is 2.60. The highest BCUT2D eigenvalue weighted by Crippen LogP contribution is 2.64. The molecule has 0 saturated heterocycles. The topological polar surface area (TPSA) is 29.1 Å². The van der Waals surface area contributed by atoms with E-state index in [1.807, 2.05) is 6.07 Å². The Labute approximate surface area is 137 Å². The summed E-state index contributed by atoms with van der Waals surface area (Å²) in [6.07, 6.45) is 6.45. The van der Waals surface area contributed by atoms with Gasteiger partial charge in [0.1, 0.15) is 0 Å². The van der Waals surface area contributed by atoms with Gasteiger partial charge in [-0.3, -0.25) is 4.79 Å². The first kappa shape index (κ1) is 14.6. The number of benzene rings is 1. The van der Waals surface area contributed by atoms with Crippen LogP contribution in [-0.2, 0) is 4.79 Å². The fourth-order valence-electron chi connectivity index (χ4n) is 5.67. The summed E-state index contributed by atoms with van der Waals surface area (Å²) in [6.45, 7) is 4.12. The zero-order chi connectivity index (χ0) is 15.5. The van der Waals surface area contributed by atoms with Crippen LogP contribution >= 0.6 is 11.6 Å². The fourth-order valence-corrected chi connectivity index (χ4v) is 6.37. The summed E-state index contributed by atoms with van der Waals surface area (Å²) < 4.78 is 0. The third-order valence-corrected chi connectivity index (χ3v) is 6.63. The van der Waals surface area contributed by atoms with Crippen LogP contribution in [0.2, 0.25) is 0 Å². The number of carbonyl (C=O) groups excluding carboxylic acids is 1. The molecule has 0 aromatic heterocycles. The Morgan fingerprint density at radius 1 is 1.14 bits per heavy atom. The van der Waals surface area contributed by atoms with Crippen molar-refractivity contribution in [3.63, 3.8) is 0 Å². The first-order valence-corrected chi connectivity index (χ1v) is 8.84. The quantitative estimate of drug-likeness (QED) is 0.778. The molecule has 0 radical (unpaired) electrons. The third-order valence-electron chi connectivity index (χ3n) is 6.19. The standard InChI is InChI=1S/C19H24ClNO/c1-12-4-3-5-13(2)16(12)21-17(22)18-7-14-6-15(8-18)10-19(20,9-14)11-18/h3-5,14-15H,6-11H2,1-2H3,(H,21,22). The van der Waals surface area contributed by atoms with Crippen LogP contribution in [0.25, 0.3) is 0 Å². The van der Waals surface area contributed by atoms with Gasteiger partial charge in [-0.2, -0.15) is 0 Å². The van der Waals surface area contributed by atoms with Crippen LogP contribution in [-0.4, -0.2) is 10.8 Å². The number of hydrogen-bond acceptors (Lipinski definition) is 1. The Hall–Kier alpha value is -1.02. The fraction of sp³-hybridized carbons (Fsp3) is 0.632. The van der Waals surface area contributed by atoms with Gasteiger partial charge in [-0.15, -0.1) is 11.6 Å². The lowest BCUT2D eigenvalue weighted by Gasteiger charge is -2.59. The van der Waals surface area contributed by atoms with Crippen molar-refractivity contribution in [1.82, 2.24) is 0 Å². The van der Waals surface area contributed by atoms with E-state index in [2.05, 4.69) is 31.3 Å². The van der Waals surface area contributed by atoms with Gasteiger partial charge >= 0.3 is 0 Å². The molecule has 0 spiro atoms. The summed E-state index contributed by atoms with van der Waals surface area (Å²) in [5.41, 5.74) is 3.05. The van der Waals surface area contributed by atoms with Crippen molar-refractivity contribution < 1.29 is 4.79 Å². The molecule has 1 N–H and O–H groups in total. The Kier molecular flexibility index (Phi) is 3.14. The predicted octanol–water partition coefficient (Wildman–Crippen LogP) is 4.82. The normalized spacial score (nSPS) is 39.0. The van der Waals surface area contributed by atoms with Gasteiger partial charge in [0.15, 0.2) is 0 Å². The van der Waals surface area contributed by atoms with E-state index in [4.69, 9.17) is 11.6 Å². The van der Waals surface area contributed by atoms with Crippen LogP contribution in [0.15, 0.2) is 18.2 Å². The van der Waals surface area contributed by atoms with E-state index in [-0.39, 0.29) is 16.2 Å². The van der Waals surface area contributed by atoms with Crippen LogP contribution in [0, 0.1) is 31.1 Å². The number of halogens is 1. The lowest BCUT2D eigenvalue weighted by molar-refractivity contribution is -0.138. The molecule has 2 nitrogen and oxygen atoms in total. The first-order chi connectivity index (χ1) is 10.4. The van der Waals surface area contributed by atoms with Crippen molar-refractivity contribution in [1.29, 1.82) is 0 Å². The van der Waals surface area contributed by atoms with E-state index in [0.717, 1.165) is 48.9 Å². The minimum absolute atomic E-state index is 0.109. The lowest BCUT2D eigenvalue weighted by atomic mass is 9.49. The zero-order valence-corrected chi connectivity index (χ0v) is 14.2. The molecule has 1 aromatic rings. The number of nitrogens with one attached hydrogen (secondary N) is 1. The average Bonchev–Trinajstić information content (AvgIpc) is 2.40. The van der Waals surface area contributed by atoms with E-state index < -0.39 is 0 Å². The third kappa shape index (κ3) is 2.19. The van der Waals surface area contributed by atoms with Crippen molar-refractivity contribution in [2.24, 2.45) is 17.3 Å². The van der Waals surface area contributed by atoms with Crippen molar-refractivity contribution in [3.8, 4) is 0 Å². The highest BCUT2D eigenvalue weighted by molar-refractivity contribution is 6.24. The molecule has 0 aliphatic heterocycles. The van der Waals surface area contributed by atoms with Crippen molar-refractivity contribution in [2.75, 3.05) is 5.32 Å². The van der Waals surface area contributed by atoms with Crippen LogP contribution < -0.4 is 5.32 Å². The van der Waals surface area contributed by atoms with Gasteiger partial charge in [-0.25, -0.2) is 0 Å². The molecule has 0 heterocycles. The predicted molar refractivity (Wildman–Crippen MR) is 90.2 cm³/mol. The molecule has 4 fully saturated rings. The molecule has 4 bridgehead atoms. The monoisotopic (exact) mass is 317 g/mol. The Morgan fingerprint density at radius 2 is 1.73 bits per heavy atom. The molecular weight excluding hydrogens is 294 g/mol. The molecule has 5 rings (SSSR count). The number of rotatable bonds is 2. The van der Waals surface area contributed by atoms with E-state index >= 15 is 0 Å². The van der Waals surface area contributed by atoms with Crippen LogP contribution in [0.3, 0.4) is 0 Å². The molecule has 22 heavy (non-hydrogen) atoms. The number of hydrogen-bond donors (Lipinski definition) is 1. The average molecular weight is 318 g/mol. The number of carbonyl (C=O) groups is 1. The van der Waals surface area contributed by atoms with Gasteiger partial charge in [0.2, 0.25) is 5.91 Å². The van der Waals surface area contributed by atoms with Crippen molar-refractivity contribution in [2.45, 2.75) is 57.2 Å². The Bertz CT molecular complexity index is 604. The maximum absolute atomic E-state index is 13.1. The maximum atomic E-state index is 13.1. The second kappa shape index (κ2) is 4.74. The molecule has 4 aliphatic rings. The van der Waals surface area contributed by atoms with Gasteiger partial charge < -0.3 is 5.32 Å². The zero-order valence-electron chi connectivity index (χ0n) is 13.4. The Balaban J connectivity index is 1.63. The summed E-state index contributed by atoms with van der Waals surface area (Å²) in [7, 11) is 0. The number of alkyl halides is 1. The van der Waals surface area contributed by atoms with E-state index in [9.17, 15) is 4.79 Å². The number of para-hydroxylation sites is 1. The maximum Gasteiger partial charge on any atom is 0.230 e. The molecule has 2 unspecified atom stereocenters. The number of aryl methyl sites for hydroxylation is 2. The molecule has 1 aromatic carbocycles. The molecule has 3 heteroatoms. The van der Waals surface area contributed by atoms with Gasteiger partial charge in [0, 0.05) is 10.6 Å². The molecule has 2 atom stereocenters. The highest BCUT2D eigenvalue weighted by atomic mass is 35.5. The van der Waals surface area contributed by atoms with Gasteiger partial charge in [-0.05, 0) is 75.3 Å². The van der Waals surface area contributed by atoms with Crippen LogP contribution in [0.1, 0.15) is 49.7 Å².